The summed E-state index contributed by atoms with van der Waals surface area (Å²) in [6, 6.07) is 6.34. The van der Waals surface area contributed by atoms with Crippen LogP contribution in [0.2, 0.25) is 0 Å². The second kappa shape index (κ2) is 5.85. The molecule has 0 aliphatic rings. The van der Waals surface area contributed by atoms with Crippen LogP contribution in [0.25, 0.3) is 10.2 Å². The van der Waals surface area contributed by atoms with Gasteiger partial charge >= 0.3 is 0 Å². The Morgan fingerprint density at radius 1 is 1.41 bits per heavy atom. The summed E-state index contributed by atoms with van der Waals surface area (Å²) in [5.41, 5.74) is 2.40. The van der Waals surface area contributed by atoms with Crippen molar-refractivity contribution in [2.75, 3.05) is 6.54 Å². The zero-order valence-electron chi connectivity index (χ0n) is 10.5. The van der Waals surface area contributed by atoms with E-state index in [0.717, 1.165) is 22.3 Å². The van der Waals surface area contributed by atoms with Gasteiger partial charge in [0.1, 0.15) is 0 Å². The van der Waals surface area contributed by atoms with Gasteiger partial charge in [-0.1, -0.05) is 26.0 Å². The minimum Gasteiger partial charge on any atom is -0.258 e. The van der Waals surface area contributed by atoms with Gasteiger partial charge in [0.15, 0.2) is 4.34 Å². The first-order chi connectivity index (χ1) is 8.16. The number of hydrogen-bond acceptors (Lipinski definition) is 4. The lowest BCUT2D eigenvalue weighted by atomic mass is 10.1. The maximum Gasteiger partial charge on any atom is 0.166 e. The summed E-state index contributed by atoms with van der Waals surface area (Å²) >= 11 is 3.41. The summed E-state index contributed by atoms with van der Waals surface area (Å²) in [5.74, 6) is 0.751. The second-order valence-corrected chi connectivity index (χ2v) is 6.75. The molecule has 0 atom stereocenters. The first-order valence-corrected chi connectivity index (χ1v) is 7.56. The van der Waals surface area contributed by atoms with E-state index in [1.54, 1.807) is 23.3 Å². The molecule has 92 valence electrons. The highest BCUT2D eigenvalue weighted by Gasteiger charge is 2.05. The normalized spacial score (nSPS) is 11.5. The molecule has 0 radical (unpaired) electrons. The third-order valence-electron chi connectivity index (χ3n) is 2.58. The summed E-state index contributed by atoms with van der Waals surface area (Å²) in [4.78, 5) is 4.65. The Morgan fingerprint density at radius 2 is 2.24 bits per heavy atom. The highest BCUT2D eigenvalue weighted by molar-refractivity contribution is 7.99. The summed E-state index contributed by atoms with van der Waals surface area (Å²) in [7, 11) is 0. The number of para-hydroxylation sites is 1. The van der Waals surface area contributed by atoms with Crippen molar-refractivity contribution in [3.8, 4) is 0 Å². The number of benzene rings is 1. The molecule has 0 aliphatic carbocycles. The molecule has 0 aliphatic heterocycles. The molecular weight excluding hydrogens is 248 g/mol. The number of rotatable bonds is 5. The zero-order valence-corrected chi connectivity index (χ0v) is 12.1. The molecule has 0 fully saturated rings. The quantitative estimate of drug-likeness (QED) is 0.647. The lowest BCUT2D eigenvalue weighted by Crippen LogP contribution is -2.07. The SMILES string of the molecule is Cc1cccc2sc(SNCCC(C)C)nc12. The maximum absolute atomic E-state index is 4.65. The molecule has 2 aromatic rings. The maximum atomic E-state index is 4.65. The number of nitrogens with one attached hydrogen (secondary N) is 1. The predicted octanol–water partition coefficient (Wildman–Crippen LogP) is 4.25. The van der Waals surface area contributed by atoms with Crippen LogP contribution < -0.4 is 4.72 Å². The molecule has 0 saturated carbocycles. The summed E-state index contributed by atoms with van der Waals surface area (Å²) in [6.45, 7) is 7.64. The fourth-order valence-electron chi connectivity index (χ4n) is 1.57. The average molecular weight is 266 g/mol. The Morgan fingerprint density at radius 3 is 2.94 bits per heavy atom. The lowest BCUT2D eigenvalue weighted by Gasteiger charge is -2.03. The van der Waals surface area contributed by atoms with Gasteiger partial charge in [0.25, 0.3) is 0 Å². The van der Waals surface area contributed by atoms with Crippen LogP contribution in [-0.4, -0.2) is 11.5 Å². The van der Waals surface area contributed by atoms with E-state index in [4.69, 9.17) is 0 Å². The smallest absolute Gasteiger partial charge is 0.166 e. The van der Waals surface area contributed by atoms with Gasteiger partial charge in [-0.25, -0.2) is 4.98 Å². The van der Waals surface area contributed by atoms with Crippen LogP contribution in [0.3, 0.4) is 0 Å². The number of aryl methyl sites for hydroxylation is 1. The molecule has 0 unspecified atom stereocenters. The Bertz CT molecular complexity index is 491. The number of aromatic nitrogens is 1. The van der Waals surface area contributed by atoms with E-state index in [0.29, 0.717) is 0 Å². The summed E-state index contributed by atoms with van der Waals surface area (Å²) < 4.78 is 5.76. The largest absolute Gasteiger partial charge is 0.258 e. The zero-order chi connectivity index (χ0) is 12.3. The Kier molecular flexibility index (Phi) is 4.42. The van der Waals surface area contributed by atoms with Crippen LogP contribution in [0.4, 0.5) is 0 Å². The van der Waals surface area contributed by atoms with Crippen molar-refractivity contribution in [3.63, 3.8) is 0 Å². The molecule has 0 saturated heterocycles. The van der Waals surface area contributed by atoms with Crippen LogP contribution in [0, 0.1) is 12.8 Å². The molecule has 2 nitrogen and oxygen atoms in total. The summed E-state index contributed by atoms with van der Waals surface area (Å²) in [6.07, 6.45) is 1.21. The second-order valence-electron chi connectivity index (χ2n) is 4.58. The van der Waals surface area contributed by atoms with E-state index in [1.165, 1.54) is 16.7 Å². The van der Waals surface area contributed by atoms with Crippen molar-refractivity contribution in [2.45, 2.75) is 31.5 Å². The molecule has 2 rings (SSSR count). The Balaban J connectivity index is 1.98. The van der Waals surface area contributed by atoms with Crippen molar-refractivity contribution >= 4 is 33.5 Å². The van der Waals surface area contributed by atoms with Crippen LogP contribution in [0.5, 0.6) is 0 Å². The third-order valence-corrected chi connectivity index (χ3v) is 4.51. The van der Waals surface area contributed by atoms with Gasteiger partial charge in [-0.05, 0) is 42.8 Å². The Hall–Kier alpha value is -0.580. The molecule has 0 amide bonds. The van der Waals surface area contributed by atoms with Crippen LogP contribution in [-0.2, 0) is 0 Å². The van der Waals surface area contributed by atoms with Gasteiger partial charge < -0.3 is 0 Å². The molecule has 1 aromatic carbocycles. The third kappa shape index (κ3) is 3.44. The number of hydrogen-bond donors (Lipinski definition) is 1. The molecular formula is C13H18N2S2. The van der Waals surface area contributed by atoms with Crippen molar-refractivity contribution in [3.05, 3.63) is 23.8 Å². The van der Waals surface area contributed by atoms with Crippen molar-refractivity contribution in [1.29, 1.82) is 0 Å². The Labute approximate surface area is 111 Å². The average Bonchev–Trinajstić information content (AvgIpc) is 2.69. The van der Waals surface area contributed by atoms with E-state index < -0.39 is 0 Å². The molecule has 17 heavy (non-hydrogen) atoms. The van der Waals surface area contributed by atoms with Crippen molar-refractivity contribution < 1.29 is 0 Å². The lowest BCUT2D eigenvalue weighted by molar-refractivity contribution is 0.585. The molecule has 1 aromatic heterocycles. The van der Waals surface area contributed by atoms with E-state index in [2.05, 4.69) is 48.7 Å². The summed E-state index contributed by atoms with van der Waals surface area (Å²) in [5, 5.41) is 0. The molecule has 0 bridgehead atoms. The standard InChI is InChI=1S/C13H18N2S2/c1-9(2)7-8-14-17-13-15-12-10(3)5-4-6-11(12)16-13/h4-6,9,14H,7-8H2,1-3H3. The fourth-order valence-corrected chi connectivity index (χ4v) is 3.44. The number of fused-ring (bicyclic) bond motifs is 1. The highest BCUT2D eigenvalue weighted by atomic mass is 32.2. The highest BCUT2D eigenvalue weighted by Crippen LogP contribution is 2.29. The van der Waals surface area contributed by atoms with Crippen LogP contribution in [0.15, 0.2) is 22.5 Å². The van der Waals surface area contributed by atoms with Crippen molar-refractivity contribution in [2.24, 2.45) is 5.92 Å². The van der Waals surface area contributed by atoms with Gasteiger partial charge in [0.05, 0.1) is 10.2 Å². The van der Waals surface area contributed by atoms with Gasteiger partial charge in [-0.3, -0.25) is 4.72 Å². The predicted molar refractivity (Wildman–Crippen MR) is 77.7 cm³/mol. The molecule has 1 heterocycles. The van der Waals surface area contributed by atoms with Gasteiger partial charge in [-0.15, -0.1) is 11.3 Å². The van der Waals surface area contributed by atoms with Gasteiger partial charge in [-0.2, -0.15) is 0 Å². The monoisotopic (exact) mass is 266 g/mol. The first kappa shape index (κ1) is 12.9. The van der Waals surface area contributed by atoms with Crippen LogP contribution >= 0.6 is 23.3 Å². The number of nitrogens with zero attached hydrogens (tertiary/aromatic N) is 1. The van der Waals surface area contributed by atoms with Gasteiger partial charge in [0.2, 0.25) is 0 Å². The topological polar surface area (TPSA) is 24.9 Å². The van der Waals surface area contributed by atoms with Gasteiger partial charge in [0, 0.05) is 6.54 Å². The first-order valence-electron chi connectivity index (χ1n) is 5.92. The molecule has 1 N–H and O–H groups in total. The van der Waals surface area contributed by atoms with Crippen LogP contribution in [0.1, 0.15) is 25.8 Å². The van der Waals surface area contributed by atoms with Crippen molar-refractivity contribution in [1.82, 2.24) is 9.71 Å². The van der Waals surface area contributed by atoms with E-state index in [1.807, 2.05) is 0 Å². The molecule has 0 spiro atoms. The van der Waals surface area contributed by atoms with E-state index in [9.17, 15) is 0 Å². The van der Waals surface area contributed by atoms with E-state index >= 15 is 0 Å². The minimum absolute atomic E-state index is 0.751. The van der Waals surface area contributed by atoms with E-state index in [-0.39, 0.29) is 0 Å². The molecule has 4 heteroatoms. The number of thiazole rings is 1. The minimum atomic E-state index is 0.751. The fraction of sp³-hybridized carbons (Fsp3) is 0.462.